The van der Waals surface area contributed by atoms with Crippen LogP contribution in [0.15, 0.2) is 72.1 Å². The van der Waals surface area contributed by atoms with Gasteiger partial charge in [-0.1, -0.05) is 54.6 Å². The summed E-state index contributed by atoms with van der Waals surface area (Å²) in [5, 5.41) is 6.35. The van der Waals surface area contributed by atoms with E-state index in [2.05, 4.69) is 78.0 Å². The predicted molar refractivity (Wildman–Crippen MR) is 117 cm³/mol. The molecule has 0 saturated heterocycles. The molecule has 1 aromatic heterocycles. The number of anilines is 1. The van der Waals surface area contributed by atoms with E-state index < -0.39 is 0 Å². The minimum atomic E-state index is 0.304. The van der Waals surface area contributed by atoms with Gasteiger partial charge in [0.05, 0.1) is 0 Å². The number of thiophene rings is 1. The smallest absolute Gasteiger partial charge is 0.173 e. The summed E-state index contributed by atoms with van der Waals surface area (Å²) in [5.74, 6) is 0. The van der Waals surface area contributed by atoms with Crippen LogP contribution in [0.5, 0.6) is 0 Å². The van der Waals surface area contributed by atoms with Crippen LogP contribution in [0.25, 0.3) is 0 Å². The summed E-state index contributed by atoms with van der Waals surface area (Å²) < 4.78 is 0. The van der Waals surface area contributed by atoms with Gasteiger partial charge in [0.15, 0.2) is 5.11 Å². The Bertz CT molecular complexity index is 828. The topological polar surface area (TPSA) is 15.3 Å². The van der Waals surface area contributed by atoms with Crippen LogP contribution in [0.2, 0.25) is 0 Å². The van der Waals surface area contributed by atoms with Crippen LogP contribution in [0.3, 0.4) is 0 Å². The third-order valence-electron chi connectivity index (χ3n) is 4.45. The number of hydrogen-bond donors (Lipinski definition) is 1. The highest BCUT2D eigenvalue weighted by molar-refractivity contribution is 7.80. The molecule has 2 aromatic carbocycles. The number of rotatable bonds is 6. The third-order valence-corrected chi connectivity index (χ3v) is 5.69. The zero-order chi connectivity index (χ0) is 18.4. The number of nitrogens with one attached hydrogen (secondary N) is 1. The zero-order valence-corrected chi connectivity index (χ0v) is 16.8. The van der Waals surface area contributed by atoms with Crippen LogP contribution in [0.1, 0.15) is 22.9 Å². The maximum absolute atomic E-state index is 5.81. The highest BCUT2D eigenvalue weighted by atomic mass is 32.1. The summed E-state index contributed by atoms with van der Waals surface area (Å²) in [6.45, 7) is 5.14. The van der Waals surface area contributed by atoms with E-state index in [-0.39, 0.29) is 0 Å². The summed E-state index contributed by atoms with van der Waals surface area (Å²) in [6, 6.07) is 23.4. The minimum absolute atomic E-state index is 0.304. The van der Waals surface area contributed by atoms with Gasteiger partial charge < -0.3 is 10.2 Å². The van der Waals surface area contributed by atoms with E-state index in [9.17, 15) is 0 Å². The molecule has 2 nitrogen and oxygen atoms in total. The van der Waals surface area contributed by atoms with Crippen molar-refractivity contribution in [2.75, 3.05) is 5.32 Å². The molecule has 3 rings (SSSR count). The van der Waals surface area contributed by atoms with Crippen LogP contribution in [-0.2, 0) is 13.0 Å². The number of thiocarbonyl (C=S) groups is 1. The summed E-state index contributed by atoms with van der Waals surface area (Å²) in [4.78, 5) is 3.67. The van der Waals surface area contributed by atoms with Gasteiger partial charge in [-0.15, -0.1) is 11.3 Å². The lowest BCUT2D eigenvalue weighted by molar-refractivity contribution is 0.326. The van der Waals surface area contributed by atoms with Crippen molar-refractivity contribution in [1.29, 1.82) is 0 Å². The second kappa shape index (κ2) is 8.97. The van der Waals surface area contributed by atoms with Gasteiger partial charge in [0.2, 0.25) is 0 Å². The average Bonchev–Trinajstić information content (AvgIpc) is 3.15. The van der Waals surface area contributed by atoms with Gasteiger partial charge in [-0.2, -0.15) is 0 Å². The fraction of sp³-hybridized carbons (Fsp3) is 0.227. The van der Waals surface area contributed by atoms with E-state index in [4.69, 9.17) is 12.2 Å². The number of para-hydroxylation sites is 1. The number of aryl methyl sites for hydroxylation is 1. The van der Waals surface area contributed by atoms with Gasteiger partial charge in [-0.25, -0.2) is 0 Å². The number of benzene rings is 2. The number of nitrogens with zero attached hydrogens (tertiary/aromatic N) is 1. The molecule has 0 saturated carbocycles. The van der Waals surface area contributed by atoms with Gasteiger partial charge in [-0.05, 0) is 54.7 Å². The van der Waals surface area contributed by atoms with Crippen LogP contribution >= 0.6 is 23.6 Å². The molecule has 26 heavy (non-hydrogen) atoms. The molecule has 0 aliphatic carbocycles. The Labute approximate surface area is 165 Å². The number of hydrogen-bond acceptors (Lipinski definition) is 2. The normalized spacial score (nSPS) is 11.8. The monoisotopic (exact) mass is 380 g/mol. The molecule has 0 fully saturated rings. The lowest BCUT2D eigenvalue weighted by Crippen LogP contribution is -2.41. The van der Waals surface area contributed by atoms with E-state index in [0.29, 0.717) is 6.04 Å². The fourth-order valence-corrected chi connectivity index (χ4v) is 4.12. The van der Waals surface area contributed by atoms with E-state index in [1.807, 2.05) is 18.2 Å². The Morgan fingerprint density at radius 2 is 1.77 bits per heavy atom. The summed E-state index contributed by atoms with van der Waals surface area (Å²) in [6.07, 6.45) is 0.986. The maximum Gasteiger partial charge on any atom is 0.173 e. The van der Waals surface area contributed by atoms with E-state index in [1.54, 1.807) is 11.3 Å². The second-order valence-corrected chi connectivity index (χ2v) is 7.91. The lowest BCUT2D eigenvalue weighted by atomic mass is 10.1. The summed E-state index contributed by atoms with van der Waals surface area (Å²) in [5.41, 5.74) is 3.53. The molecule has 3 aromatic rings. The average molecular weight is 381 g/mol. The summed E-state index contributed by atoms with van der Waals surface area (Å²) >= 11 is 7.61. The molecular formula is C22H24N2S2. The predicted octanol–water partition coefficient (Wildman–Crippen LogP) is 5.89. The second-order valence-electron chi connectivity index (χ2n) is 6.49. The fourth-order valence-electron chi connectivity index (χ4n) is 2.94. The maximum atomic E-state index is 5.81. The first kappa shape index (κ1) is 18.6. The molecule has 1 N–H and O–H groups in total. The van der Waals surface area contributed by atoms with Crippen LogP contribution in [0.4, 0.5) is 5.69 Å². The first-order valence-electron chi connectivity index (χ1n) is 8.83. The minimum Gasteiger partial charge on any atom is -0.342 e. The molecule has 1 heterocycles. The molecule has 0 aliphatic heterocycles. The molecule has 0 aliphatic rings. The van der Waals surface area contributed by atoms with Crippen molar-refractivity contribution < 1.29 is 0 Å². The van der Waals surface area contributed by atoms with Crippen molar-refractivity contribution >= 4 is 34.4 Å². The van der Waals surface area contributed by atoms with E-state index in [1.165, 1.54) is 16.0 Å². The Morgan fingerprint density at radius 3 is 2.46 bits per heavy atom. The first-order chi connectivity index (χ1) is 12.6. The molecule has 0 amide bonds. The molecule has 0 bridgehead atoms. The molecule has 0 radical (unpaired) electrons. The molecule has 4 heteroatoms. The van der Waals surface area contributed by atoms with Crippen molar-refractivity contribution in [3.63, 3.8) is 0 Å². The summed E-state index contributed by atoms with van der Waals surface area (Å²) in [7, 11) is 0. The molecular weight excluding hydrogens is 356 g/mol. The van der Waals surface area contributed by atoms with Crippen LogP contribution in [0, 0.1) is 6.92 Å². The molecule has 1 atom stereocenters. The molecule has 134 valence electrons. The van der Waals surface area contributed by atoms with E-state index in [0.717, 1.165) is 23.8 Å². The Hall–Kier alpha value is -2.17. The van der Waals surface area contributed by atoms with Gasteiger partial charge in [0, 0.05) is 29.6 Å². The highest BCUT2D eigenvalue weighted by Crippen LogP contribution is 2.19. The van der Waals surface area contributed by atoms with Crippen molar-refractivity contribution in [3.8, 4) is 0 Å². The highest BCUT2D eigenvalue weighted by Gasteiger charge is 2.19. The lowest BCUT2D eigenvalue weighted by Gasteiger charge is -2.32. The molecule has 0 spiro atoms. The Balaban J connectivity index is 1.79. The largest absolute Gasteiger partial charge is 0.342 e. The van der Waals surface area contributed by atoms with Gasteiger partial charge in [0.25, 0.3) is 0 Å². The first-order valence-corrected chi connectivity index (χ1v) is 10.1. The third kappa shape index (κ3) is 4.93. The zero-order valence-electron chi connectivity index (χ0n) is 15.2. The SMILES string of the molecule is Cc1ccccc1NC(=S)N(Cc1ccccc1)[C@H](C)Cc1cccs1. The van der Waals surface area contributed by atoms with Gasteiger partial charge in [0.1, 0.15) is 0 Å². The van der Waals surface area contributed by atoms with Crippen LogP contribution in [-0.4, -0.2) is 16.1 Å². The Kier molecular flexibility index (Phi) is 6.42. The van der Waals surface area contributed by atoms with Crippen molar-refractivity contribution in [1.82, 2.24) is 4.90 Å². The van der Waals surface area contributed by atoms with Crippen molar-refractivity contribution in [2.24, 2.45) is 0 Å². The van der Waals surface area contributed by atoms with Crippen molar-refractivity contribution in [2.45, 2.75) is 32.9 Å². The van der Waals surface area contributed by atoms with E-state index >= 15 is 0 Å². The van der Waals surface area contributed by atoms with Gasteiger partial charge >= 0.3 is 0 Å². The Morgan fingerprint density at radius 1 is 1.04 bits per heavy atom. The quantitative estimate of drug-likeness (QED) is 0.537. The standard InChI is InChI=1S/C22H24N2S2/c1-17-9-6-7-13-21(17)23-22(25)24(16-19-10-4-3-5-11-19)18(2)15-20-12-8-14-26-20/h3-14,18H,15-16H2,1-2H3,(H,23,25)/t18-/m1/s1. The van der Waals surface area contributed by atoms with Gasteiger partial charge in [-0.3, -0.25) is 0 Å². The van der Waals surface area contributed by atoms with Crippen molar-refractivity contribution in [3.05, 3.63) is 88.1 Å². The van der Waals surface area contributed by atoms with Crippen LogP contribution < -0.4 is 5.32 Å². The molecule has 0 unspecified atom stereocenters.